The summed E-state index contributed by atoms with van der Waals surface area (Å²) in [5.74, 6) is -18.5. The molecule has 2 aromatic carbocycles. The molecule has 0 bridgehead atoms. The molecule has 2 nitrogen and oxygen atoms in total. The van der Waals surface area contributed by atoms with Crippen molar-refractivity contribution in [2.45, 2.75) is 18.6 Å². The molecule has 1 atom stereocenters. The normalized spacial score (nSPS) is 12.8. The molecular formula is C17H11F7O2. The van der Waals surface area contributed by atoms with Crippen molar-refractivity contribution in [1.29, 1.82) is 0 Å². The Kier molecular flexibility index (Phi) is 5.60. The van der Waals surface area contributed by atoms with E-state index in [1.807, 2.05) is 0 Å². The fraction of sp³-hybridized carbons (Fsp3) is 0.176. The van der Waals surface area contributed by atoms with Crippen molar-refractivity contribution in [2.75, 3.05) is 0 Å². The Hall–Kier alpha value is -2.55. The van der Waals surface area contributed by atoms with Crippen molar-refractivity contribution in [3.63, 3.8) is 0 Å². The Balaban J connectivity index is 2.30. The lowest BCUT2D eigenvalue weighted by Crippen LogP contribution is -2.31. The van der Waals surface area contributed by atoms with Crippen LogP contribution in [0.3, 0.4) is 0 Å². The smallest absolute Gasteiger partial charge is 0.332 e. The van der Waals surface area contributed by atoms with E-state index in [0.29, 0.717) is 5.56 Å². The molecule has 0 saturated carbocycles. The van der Waals surface area contributed by atoms with Crippen LogP contribution >= 0.6 is 0 Å². The number of aliphatic hydroxyl groups is 1. The molecule has 0 aliphatic heterocycles. The number of benzene rings is 2. The van der Waals surface area contributed by atoms with E-state index in [9.17, 15) is 35.8 Å². The zero-order valence-electron chi connectivity index (χ0n) is 12.9. The predicted molar refractivity (Wildman–Crippen MR) is 76.5 cm³/mol. The van der Waals surface area contributed by atoms with Crippen LogP contribution in [0.5, 0.6) is 0 Å². The molecule has 0 fully saturated rings. The largest absolute Gasteiger partial charge is 0.487 e. The minimum absolute atomic E-state index is 0.418. The van der Waals surface area contributed by atoms with Gasteiger partial charge in [-0.15, -0.1) is 0 Å². The van der Waals surface area contributed by atoms with Crippen LogP contribution in [0, 0.1) is 29.1 Å². The predicted octanol–water partition coefficient (Wildman–Crippen LogP) is 4.78. The Morgan fingerprint density at radius 1 is 0.923 bits per heavy atom. The molecule has 26 heavy (non-hydrogen) atoms. The van der Waals surface area contributed by atoms with Crippen LogP contribution in [-0.2, 0) is 11.3 Å². The topological polar surface area (TPSA) is 29.5 Å². The van der Waals surface area contributed by atoms with E-state index in [4.69, 9.17) is 0 Å². The first kappa shape index (κ1) is 19.8. The van der Waals surface area contributed by atoms with Gasteiger partial charge in [-0.3, -0.25) is 0 Å². The van der Waals surface area contributed by atoms with Gasteiger partial charge in [0.25, 0.3) is 0 Å². The van der Waals surface area contributed by atoms with Crippen molar-refractivity contribution in [1.82, 2.24) is 0 Å². The monoisotopic (exact) mass is 380 g/mol. The van der Waals surface area contributed by atoms with E-state index in [1.165, 1.54) is 12.1 Å². The molecule has 0 radical (unpaired) electrons. The van der Waals surface area contributed by atoms with E-state index < -0.39 is 59.0 Å². The lowest BCUT2D eigenvalue weighted by molar-refractivity contribution is -0.118. The van der Waals surface area contributed by atoms with Crippen molar-refractivity contribution in [2.24, 2.45) is 0 Å². The van der Waals surface area contributed by atoms with Crippen LogP contribution in [0.25, 0.3) is 0 Å². The standard InChI is InChI=1S/C17H11F7O2/c1-8(26-7-9-5-3-2-4-6-9)17(23,24)16(25)10-11(18)13(20)15(22)14(21)12(10)19/h2-6,16,25H,1,7H2. The summed E-state index contributed by atoms with van der Waals surface area (Å²) in [4.78, 5) is 0. The van der Waals surface area contributed by atoms with Gasteiger partial charge in [0.15, 0.2) is 35.1 Å². The highest BCUT2D eigenvalue weighted by Crippen LogP contribution is 2.41. The van der Waals surface area contributed by atoms with Gasteiger partial charge in [0.1, 0.15) is 6.61 Å². The first-order valence-electron chi connectivity index (χ1n) is 7.02. The summed E-state index contributed by atoms with van der Waals surface area (Å²) in [6.07, 6.45) is -3.41. The summed E-state index contributed by atoms with van der Waals surface area (Å²) in [6.45, 7) is 2.45. The lowest BCUT2D eigenvalue weighted by atomic mass is 10.00. The summed E-state index contributed by atoms with van der Waals surface area (Å²) in [7, 11) is 0. The van der Waals surface area contributed by atoms with Crippen LogP contribution < -0.4 is 0 Å². The van der Waals surface area contributed by atoms with Gasteiger partial charge in [-0.25, -0.2) is 22.0 Å². The summed E-state index contributed by atoms with van der Waals surface area (Å²) in [6, 6.07) is 7.87. The van der Waals surface area contributed by atoms with Gasteiger partial charge in [0, 0.05) is 0 Å². The summed E-state index contributed by atoms with van der Waals surface area (Å²) in [5.41, 5.74) is -1.63. The first-order valence-corrected chi connectivity index (χ1v) is 7.02. The van der Waals surface area contributed by atoms with Crippen LogP contribution in [-0.4, -0.2) is 11.0 Å². The molecule has 0 aromatic heterocycles. The zero-order chi connectivity index (χ0) is 19.6. The summed E-state index contributed by atoms with van der Waals surface area (Å²) < 4.78 is 99.6. The number of hydrogen-bond acceptors (Lipinski definition) is 2. The number of alkyl halides is 2. The fourth-order valence-electron chi connectivity index (χ4n) is 2.04. The number of ether oxygens (including phenoxy) is 1. The van der Waals surface area contributed by atoms with Crippen LogP contribution in [0.4, 0.5) is 30.7 Å². The second kappa shape index (κ2) is 7.36. The van der Waals surface area contributed by atoms with Gasteiger partial charge in [-0.1, -0.05) is 36.9 Å². The lowest BCUT2D eigenvalue weighted by Gasteiger charge is -2.25. The molecule has 0 spiro atoms. The molecule has 0 amide bonds. The highest BCUT2D eigenvalue weighted by atomic mass is 19.3. The molecule has 9 heteroatoms. The quantitative estimate of drug-likeness (QED) is 0.338. The van der Waals surface area contributed by atoms with E-state index in [2.05, 4.69) is 11.3 Å². The van der Waals surface area contributed by atoms with Gasteiger partial charge in [-0.2, -0.15) is 8.78 Å². The summed E-state index contributed by atoms with van der Waals surface area (Å²) in [5, 5.41) is 9.59. The molecule has 1 N–H and O–H groups in total. The third-order valence-corrected chi connectivity index (χ3v) is 3.49. The molecular weight excluding hydrogens is 369 g/mol. The Labute approximate surface area is 143 Å². The highest BCUT2D eigenvalue weighted by molar-refractivity contribution is 5.29. The van der Waals surface area contributed by atoms with E-state index in [-0.39, 0.29) is 0 Å². The number of hydrogen-bond donors (Lipinski definition) is 1. The van der Waals surface area contributed by atoms with Crippen molar-refractivity contribution >= 4 is 0 Å². The second-order valence-corrected chi connectivity index (χ2v) is 5.21. The minimum Gasteiger partial charge on any atom is -0.487 e. The van der Waals surface area contributed by atoms with Crippen LogP contribution in [0.15, 0.2) is 42.7 Å². The Morgan fingerprint density at radius 2 is 1.38 bits per heavy atom. The van der Waals surface area contributed by atoms with Crippen molar-refractivity contribution < 1.29 is 40.6 Å². The van der Waals surface area contributed by atoms with E-state index in [0.717, 1.165) is 0 Å². The molecule has 0 saturated heterocycles. The molecule has 2 aromatic rings. The maximum atomic E-state index is 14.2. The van der Waals surface area contributed by atoms with Gasteiger partial charge in [0.2, 0.25) is 5.82 Å². The number of halogens is 7. The second-order valence-electron chi connectivity index (χ2n) is 5.21. The molecule has 0 heterocycles. The Morgan fingerprint density at radius 3 is 1.88 bits per heavy atom. The average Bonchev–Trinajstić information content (AvgIpc) is 2.63. The third kappa shape index (κ3) is 3.52. The van der Waals surface area contributed by atoms with Crippen molar-refractivity contribution in [3.8, 4) is 0 Å². The number of aliphatic hydroxyl groups excluding tert-OH is 1. The molecule has 0 aliphatic rings. The SMILES string of the molecule is C=C(OCc1ccccc1)C(F)(F)C(O)c1c(F)c(F)c(F)c(F)c1F. The molecule has 140 valence electrons. The van der Waals surface area contributed by atoms with Crippen LogP contribution in [0.2, 0.25) is 0 Å². The molecule has 0 aliphatic carbocycles. The minimum atomic E-state index is -4.53. The fourth-order valence-corrected chi connectivity index (χ4v) is 2.04. The molecule has 2 rings (SSSR count). The third-order valence-electron chi connectivity index (χ3n) is 3.49. The maximum Gasteiger partial charge on any atom is 0.332 e. The van der Waals surface area contributed by atoms with Gasteiger partial charge < -0.3 is 9.84 Å². The van der Waals surface area contributed by atoms with Gasteiger partial charge in [-0.05, 0) is 5.56 Å². The summed E-state index contributed by atoms with van der Waals surface area (Å²) >= 11 is 0. The van der Waals surface area contributed by atoms with E-state index in [1.54, 1.807) is 18.2 Å². The van der Waals surface area contributed by atoms with Crippen molar-refractivity contribution in [3.05, 3.63) is 82.9 Å². The molecule has 1 unspecified atom stereocenters. The number of rotatable bonds is 6. The van der Waals surface area contributed by atoms with Gasteiger partial charge in [0.05, 0.1) is 5.56 Å². The Bertz CT molecular complexity index is 793. The highest BCUT2D eigenvalue weighted by Gasteiger charge is 2.48. The zero-order valence-corrected chi connectivity index (χ0v) is 12.9. The average molecular weight is 380 g/mol. The maximum absolute atomic E-state index is 14.2. The van der Waals surface area contributed by atoms with E-state index >= 15 is 0 Å². The van der Waals surface area contributed by atoms with Gasteiger partial charge >= 0.3 is 5.92 Å². The first-order chi connectivity index (χ1) is 12.1. The van der Waals surface area contributed by atoms with Crippen LogP contribution in [0.1, 0.15) is 17.2 Å².